The van der Waals surface area contributed by atoms with E-state index < -0.39 is 0 Å². The highest BCUT2D eigenvalue weighted by molar-refractivity contribution is 6.30. The minimum absolute atomic E-state index is 0.0103. The van der Waals surface area contributed by atoms with Gasteiger partial charge in [-0.2, -0.15) is 0 Å². The van der Waals surface area contributed by atoms with Gasteiger partial charge in [-0.3, -0.25) is 4.79 Å². The Morgan fingerprint density at radius 1 is 1.36 bits per heavy atom. The molecule has 0 bridgehead atoms. The molecule has 2 nitrogen and oxygen atoms in total. The molecule has 1 aliphatic rings. The van der Waals surface area contributed by atoms with Crippen LogP contribution < -0.4 is 5.32 Å². The van der Waals surface area contributed by atoms with Crippen LogP contribution in [0, 0.1) is 0 Å². The molecular weight excluding hydrogens is 198 g/mol. The molecule has 1 N–H and O–H groups in total. The van der Waals surface area contributed by atoms with Gasteiger partial charge >= 0.3 is 0 Å². The van der Waals surface area contributed by atoms with Gasteiger partial charge in [0.1, 0.15) is 0 Å². The molecule has 1 aromatic carbocycles. The van der Waals surface area contributed by atoms with E-state index in [0.29, 0.717) is 5.02 Å². The van der Waals surface area contributed by atoms with Crippen LogP contribution in [0.15, 0.2) is 24.3 Å². The molecule has 2 rings (SSSR count). The maximum Gasteiger partial charge on any atom is 0.179 e. The molecule has 74 valence electrons. The van der Waals surface area contributed by atoms with E-state index in [4.69, 9.17) is 11.6 Å². The van der Waals surface area contributed by atoms with Crippen molar-refractivity contribution in [1.82, 2.24) is 5.32 Å². The minimum Gasteiger partial charge on any atom is -0.307 e. The lowest BCUT2D eigenvalue weighted by Crippen LogP contribution is -2.30. The molecule has 1 heterocycles. The first-order valence-electron chi connectivity index (χ1n) is 4.80. The van der Waals surface area contributed by atoms with E-state index in [1.807, 2.05) is 0 Å². The molecule has 1 fully saturated rings. The average Bonchev–Trinajstić information content (AvgIpc) is 2.71. The summed E-state index contributed by atoms with van der Waals surface area (Å²) in [5.41, 5.74) is 0.744. The first-order valence-corrected chi connectivity index (χ1v) is 5.18. The van der Waals surface area contributed by atoms with Crippen molar-refractivity contribution in [1.29, 1.82) is 0 Å². The van der Waals surface area contributed by atoms with Crippen molar-refractivity contribution in [2.75, 3.05) is 6.54 Å². The zero-order chi connectivity index (χ0) is 9.97. The zero-order valence-corrected chi connectivity index (χ0v) is 8.55. The first kappa shape index (κ1) is 9.69. The van der Waals surface area contributed by atoms with Gasteiger partial charge in [0.25, 0.3) is 0 Å². The molecule has 3 heteroatoms. The molecule has 1 aliphatic heterocycles. The second-order valence-electron chi connectivity index (χ2n) is 3.52. The van der Waals surface area contributed by atoms with Crippen molar-refractivity contribution in [3.63, 3.8) is 0 Å². The lowest BCUT2D eigenvalue weighted by molar-refractivity contribution is 0.0952. The highest BCUT2D eigenvalue weighted by Crippen LogP contribution is 2.14. The third kappa shape index (κ3) is 1.97. The predicted octanol–water partition coefficient (Wildman–Crippen LogP) is 2.27. The van der Waals surface area contributed by atoms with Gasteiger partial charge in [-0.1, -0.05) is 11.6 Å². The molecule has 1 saturated heterocycles. The maximum absolute atomic E-state index is 11.9. The van der Waals surface area contributed by atoms with Crippen LogP contribution in [-0.2, 0) is 0 Å². The van der Waals surface area contributed by atoms with Gasteiger partial charge in [-0.25, -0.2) is 0 Å². The van der Waals surface area contributed by atoms with Crippen LogP contribution in [0.25, 0.3) is 0 Å². The Balaban J connectivity index is 2.14. The Labute approximate surface area is 88.3 Å². The fraction of sp³-hybridized carbons (Fsp3) is 0.364. The van der Waals surface area contributed by atoms with E-state index in [9.17, 15) is 4.79 Å². The fourth-order valence-electron chi connectivity index (χ4n) is 1.72. The summed E-state index contributed by atoms with van der Waals surface area (Å²) in [6.07, 6.45) is 2.03. The summed E-state index contributed by atoms with van der Waals surface area (Å²) in [5, 5.41) is 3.85. The number of halogens is 1. The summed E-state index contributed by atoms with van der Waals surface area (Å²) >= 11 is 5.75. The third-order valence-electron chi connectivity index (χ3n) is 2.51. The Morgan fingerprint density at radius 2 is 2.07 bits per heavy atom. The molecule has 0 aliphatic carbocycles. The smallest absolute Gasteiger partial charge is 0.179 e. The van der Waals surface area contributed by atoms with Gasteiger partial charge in [0, 0.05) is 10.6 Å². The number of carbonyl (C=O) groups is 1. The molecule has 0 saturated carbocycles. The SMILES string of the molecule is O=C(c1ccc(Cl)cc1)[C@H]1CCCN1. The molecule has 1 aromatic rings. The summed E-state index contributed by atoms with van der Waals surface area (Å²) in [6, 6.07) is 7.08. The average molecular weight is 210 g/mol. The van der Waals surface area contributed by atoms with Crippen molar-refractivity contribution < 1.29 is 4.79 Å². The fourth-order valence-corrected chi connectivity index (χ4v) is 1.85. The number of benzene rings is 1. The van der Waals surface area contributed by atoms with Gasteiger partial charge in [-0.15, -0.1) is 0 Å². The Hall–Kier alpha value is -0.860. The number of Topliss-reactive ketones (excluding diaryl/α,β-unsaturated/α-hetero) is 1. The van der Waals surface area contributed by atoms with Crippen molar-refractivity contribution in [3.8, 4) is 0 Å². The molecular formula is C11H12ClNO. The Morgan fingerprint density at radius 3 is 2.64 bits per heavy atom. The van der Waals surface area contributed by atoms with Crippen molar-refractivity contribution in [2.24, 2.45) is 0 Å². The van der Waals surface area contributed by atoms with Gasteiger partial charge in [0.05, 0.1) is 6.04 Å². The van der Waals surface area contributed by atoms with E-state index in [1.165, 1.54) is 0 Å². The number of carbonyl (C=O) groups excluding carboxylic acids is 1. The quantitative estimate of drug-likeness (QED) is 0.758. The number of hydrogen-bond acceptors (Lipinski definition) is 2. The summed E-state index contributed by atoms with van der Waals surface area (Å²) in [5.74, 6) is 0.180. The van der Waals surface area contributed by atoms with Crippen LogP contribution in [0.3, 0.4) is 0 Å². The molecule has 14 heavy (non-hydrogen) atoms. The second kappa shape index (κ2) is 4.11. The van der Waals surface area contributed by atoms with Crippen LogP contribution in [0.4, 0.5) is 0 Å². The highest BCUT2D eigenvalue weighted by atomic mass is 35.5. The van der Waals surface area contributed by atoms with Crippen LogP contribution in [0.1, 0.15) is 23.2 Å². The molecule has 0 unspecified atom stereocenters. The van der Waals surface area contributed by atoms with Crippen LogP contribution in [0.2, 0.25) is 5.02 Å². The first-order chi connectivity index (χ1) is 6.77. The molecule has 1 atom stereocenters. The van der Waals surface area contributed by atoms with Gasteiger partial charge in [-0.05, 0) is 43.7 Å². The van der Waals surface area contributed by atoms with Gasteiger partial charge < -0.3 is 5.32 Å². The molecule has 0 amide bonds. The number of nitrogens with one attached hydrogen (secondary N) is 1. The normalized spacial score (nSPS) is 21.1. The maximum atomic E-state index is 11.9. The summed E-state index contributed by atoms with van der Waals surface area (Å²) in [4.78, 5) is 11.9. The van der Waals surface area contributed by atoms with Gasteiger partial charge in [0.15, 0.2) is 5.78 Å². The highest BCUT2D eigenvalue weighted by Gasteiger charge is 2.22. The third-order valence-corrected chi connectivity index (χ3v) is 2.76. The number of rotatable bonds is 2. The standard InChI is InChI=1S/C11H12ClNO/c12-9-5-3-8(4-6-9)11(14)10-2-1-7-13-10/h3-6,10,13H,1-2,7H2/t10-/m1/s1. The van der Waals surface area contributed by atoms with E-state index >= 15 is 0 Å². The van der Waals surface area contributed by atoms with Crippen molar-refractivity contribution >= 4 is 17.4 Å². The lowest BCUT2D eigenvalue weighted by atomic mass is 10.0. The Kier molecular flexibility index (Phi) is 2.85. The lowest BCUT2D eigenvalue weighted by Gasteiger charge is -2.08. The van der Waals surface area contributed by atoms with E-state index in [-0.39, 0.29) is 11.8 Å². The monoisotopic (exact) mass is 209 g/mol. The summed E-state index contributed by atoms with van der Waals surface area (Å²) in [7, 11) is 0. The summed E-state index contributed by atoms with van der Waals surface area (Å²) < 4.78 is 0. The minimum atomic E-state index is 0.0103. The van der Waals surface area contributed by atoms with Crippen LogP contribution >= 0.6 is 11.6 Å². The van der Waals surface area contributed by atoms with Crippen molar-refractivity contribution in [2.45, 2.75) is 18.9 Å². The van der Waals surface area contributed by atoms with Crippen LogP contribution in [0.5, 0.6) is 0 Å². The number of hydrogen-bond donors (Lipinski definition) is 1. The topological polar surface area (TPSA) is 29.1 Å². The molecule has 0 spiro atoms. The van der Waals surface area contributed by atoms with Crippen molar-refractivity contribution in [3.05, 3.63) is 34.9 Å². The largest absolute Gasteiger partial charge is 0.307 e. The zero-order valence-electron chi connectivity index (χ0n) is 7.79. The van der Waals surface area contributed by atoms with E-state index in [0.717, 1.165) is 24.9 Å². The van der Waals surface area contributed by atoms with Gasteiger partial charge in [0.2, 0.25) is 0 Å². The molecule has 0 aromatic heterocycles. The number of ketones is 1. The van der Waals surface area contributed by atoms with Crippen LogP contribution in [-0.4, -0.2) is 18.4 Å². The van der Waals surface area contributed by atoms with E-state index in [2.05, 4.69) is 5.32 Å². The predicted molar refractivity (Wildman–Crippen MR) is 56.8 cm³/mol. The van der Waals surface area contributed by atoms with E-state index in [1.54, 1.807) is 24.3 Å². The Bertz CT molecular complexity index is 328. The summed E-state index contributed by atoms with van der Waals surface area (Å²) in [6.45, 7) is 0.948. The molecule has 0 radical (unpaired) electrons. The second-order valence-corrected chi connectivity index (χ2v) is 3.96.